The smallest absolute Gasteiger partial charge is 0.151 e. The monoisotopic (exact) mass is 327 g/mol. The van der Waals surface area contributed by atoms with Gasteiger partial charge in [0.25, 0.3) is 0 Å². The molecule has 3 aromatic rings. The summed E-state index contributed by atoms with van der Waals surface area (Å²) in [5.41, 5.74) is 1.48. The summed E-state index contributed by atoms with van der Waals surface area (Å²) in [5.74, 6) is 1.37. The number of aromatic nitrogens is 1. The molecule has 3 nitrogen and oxygen atoms in total. The van der Waals surface area contributed by atoms with E-state index in [9.17, 15) is 4.79 Å². The van der Waals surface area contributed by atoms with Crippen LogP contribution in [-0.4, -0.2) is 11.3 Å². The Morgan fingerprint density at radius 3 is 2.65 bits per heavy atom. The number of nitrogens with zero attached hydrogens (tertiary/aromatic N) is 1. The van der Waals surface area contributed by atoms with E-state index in [1.807, 2.05) is 30.3 Å². The number of hydrogen-bond acceptors (Lipinski definition) is 3. The molecule has 0 aliphatic rings. The van der Waals surface area contributed by atoms with E-state index in [0.29, 0.717) is 21.5 Å². The van der Waals surface area contributed by atoms with Crippen LogP contribution in [0.1, 0.15) is 10.4 Å². The van der Waals surface area contributed by atoms with Crippen molar-refractivity contribution in [1.29, 1.82) is 0 Å². The number of fused-ring (bicyclic) bond motifs is 1. The van der Waals surface area contributed by atoms with E-state index in [-0.39, 0.29) is 0 Å². The molecule has 4 heteroatoms. The number of benzene rings is 2. The number of carbonyl (C=O) groups is 1. The second kappa shape index (κ2) is 5.43. The van der Waals surface area contributed by atoms with Crippen LogP contribution in [0.15, 0.2) is 59.2 Å². The van der Waals surface area contributed by atoms with E-state index in [1.165, 1.54) is 0 Å². The Morgan fingerprint density at radius 1 is 1.05 bits per heavy atom. The van der Waals surface area contributed by atoms with E-state index in [1.54, 1.807) is 24.4 Å². The number of ether oxygens (including phenoxy) is 1. The quantitative estimate of drug-likeness (QED) is 0.660. The van der Waals surface area contributed by atoms with E-state index < -0.39 is 0 Å². The van der Waals surface area contributed by atoms with Gasteiger partial charge in [0.05, 0.1) is 5.52 Å². The van der Waals surface area contributed by atoms with Crippen LogP contribution in [0.3, 0.4) is 0 Å². The molecule has 0 aliphatic carbocycles. The third-order valence-electron chi connectivity index (χ3n) is 2.91. The molecule has 1 aromatic heterocycles. The Morgan fingerprint density at radius 2 is 1.85 bits per heavy atom. The van der Waals surface area contributed by atoms with Gasteiger partial charge < -0.3 is 4.74 Å². The minimum atomic E-state index is 0.595. The Kier molecular flexibility index (Phi) is 3.48. The van der Waals surface area contributed by atoms with E-state index in [4.69, 9.17) is 4.74 Å². The highest BCUT2D eigenvalue weighted by molar-refractivity contribution is 9.10. The van der Waals surface area contributed by atoms with Gasteiger partial charge in [0, 0.05) is 27.7 Å². The number of hydrogen-bond donors (Lipinski definition) is 0. The molecule has 0 bridgehead atoms. The van der Waals surface area contributed by atoms with Crippen molar-refractivity contribution in [3.8, 4) is 11.5 Å². The van der Waals surface area contributed by atoms with Crippen LogP contribution in [0, 0.1) is 0 Å². The Hall–Kier alpha value is -2.20. The molecule has 98 valence electrons. The summed E-state index contributed by atoms with van der Waals surface area (Å²) in [6.07, 6.45) is 2.55. The van der Waals surface area contributed by atoms with Crippen molar-refractivity contribution in [2.24, 2.45) is 0 Å². The lowest BCUT2D eigenvalue weighted by Gasteiger charge is -2.07. The topological polar surface area (TPSA) is 39.2 Å². The average Bonchev–Trinajstić information content (AvgIpc) is 2.47. The normalized spacial score (nSPS) is 10.4. The lowest BCUT2D eigenvalue weighted by atomic mass is 10.2. The van der Waals surface area contributed by atoms with Crippen LogP contribution in [0.25, 0.3) is 10.9 Å². The second-order valence-corrected chi connectivity index (χ2v) is 5.12. The van der Waals surface area contributed by atoms with Gasteiger partial charge in [0.2, 0.25) is 0 Å². The van der Waals surface area contributed by atoms with Gasteiger partial charge in [-0.25, -0.2) is 0 Å². The van der Waals surface area contributed by atoms with Crippen LogP contribution in [0.4, 0.5) is 0 Å². The van der Waals surface area contributed by atoms with Gasteiger partial charge >= 0.3 is 0 Å². The van der Waals surface area contributed by atoms with Crippen molar-refractivity contribution < 1.29 is 9.53 Å². The van der Waals surface area contributed by atoms with Crippen molar-refractivity contribution in [3.05, 3.63) is 64.8 Å². The van der Waals surface area contributed by atoms with Crippen molar-refractivity contribution >= 4 is 33.1 Å². The van der Waals surface area contributed by atoms with Gasteiger partial charge in [-0.2, -0.15) is 0 Å². The third-order valence-corrected chi connectivity index (χ3v) is 3.60. The summed E-state index contributed by atoms with van der Waals surface area (Å²) in [6, 6.07) is 14.9. The fraction of sp³-hybridized carbons (Fsp3) is 0. The molecule has 0 radical (unpaired) electrons. The SMILES string of the molecule is O=Cc1ccc(Oc2ccc3cccnc3c2)cc1Br. The number of pyridine rings is 1. The Balaban J connectivity index is 1.92. The fourth-order valence-corrected chi connectivity index (χ4v) is 2.36. The number of rotatable bonds is 3. The molecule has 0 fully saturated rings. The lowest BCUT2D eigenvalue weighted by molar-refractivity contribution is 0.112. The average molecular weight is 328 g/mol. The van der Waals surface area contributed by atoms with Crippen LogP contribution in [0.5, 0.6) is 11.5 Å². The maximum absolute atomic E-state index is 10.8. The highest BCUT2D eigenvalue weighted by Gasteiger charge is 2.03. The summed E-state index contributed by atoms with van der Waals surface area (Å²) in [7, 11) is 0. The standard InChI is InChI=1S/C16H10BrNO2/c17-15-8-13(6-4-12(15)10-19)20-14-5-3-11-2-1-7-18-16(11)9-14/h1-10H. The molecule has 0 saturated carbocycles. The van der Waals surface area contributed by atoms with Crippen molar-refractivity contribution in [2.75, 3.05) is 0 Å². The molecule has 0 atom stereocenters. The zero-order chi connectivity index (χ0) is 13.9. The fourth-order valence-electron chi connectivity index (χ4n) is 1.91. The van der Waals surface area contributed by atoms with Gasteiger partial charge in [-0.3, -0.25) is 9.78 Å². The van der Waals surface area contributed by atoms with Crippen molar-refractivity contribution in [1.82, 2.24) is 4.98 Å². The summed E-state index contributed by atoms with van der Waals surface area (Å²) >= 11 is 3.34. The van der Waals surface area contributed by atoms with E-state index >= 15 is 0 Å². The van der Waals surface area contributed by atoms with Gasteiger partial charge in [-0.15, -0.1) is 0 Å². The Bertz CT molecular complexity index is 786. The number of aldehydes is 1. The van der Waals surface area contributed by atoms with Gasteiger partial charge in [-0.05, 0) is 52.3 Å². The highest BCUT2D eigenvalue weighted by Crippen LogP contribution is 2.28. The molecule has 0 saturated heterocycles. The minimum Gasteiger partial charge on any atom is -0.457 e. The first kappa shape index (κ1) is 12.8. The first-order chi connectivity index (χ1) is 9.76. The first-order valence-electron chi connectivity index (χ1n) is 6.03. The third kappa shape index (κ3) is 2.56. The summed E-state index contributed by atoms with van der Waals surface area (Å²) in [4.78, 5) is 15.1. The summed E-state index contributed by atoms with van der Waals surface area (Å²) in [5, 5.41) is 1.07. The van der Waals surface area contributed by atoms with E-state index in [0.717, 1.165) is 17.2 Å². The molecule has 1 heterocycles. The van der Waals surface area contributed by atoms with Crippen LogP contribution >= 0.6 is 15.9 Å². The molecule has 0 amide bonds. The lowest BCUT2D eigenvalue weighted by Crippen LogP contribution is -1.88. The molecule has 2 aromatic carbocycles. The molecular weight excluding hydrogens is 318 g/mol. The van der Waals surface area contributed by atoms with Gasteiger partial charge in [0.1, 0.15) is 11.5 Å². The molecule has 20 heavy (non-hydrogen) atoms. The molecular formula is C16H10BrNO2. The number of carbonyl (C=O) groups excluding carboxylic acids is 1. The summed E-state index contributed by atoms with van der Waals surface area (Å²) < 4.78 is 6.49. The highest BCUT2D eigenvalue weighted by atomic mass is 79.9. The maximum atomic E-state index is 10.8. The molecule has 3 rings (SSSR count). The molecule has 0 aliphatic heterocycles. The predicted octanol–water partition coefficient (Wildman–Crippen LogP) is 4.60. The summed E-state index contributed by atoms with van der Waals surface area (Å²) in [6.45, 7) is 0. The molecule has 0 unspecified atom stereocenters. The van der Waals surface area contributed by atoms with E-state index in [2.05, 4.69) is 20.9 Å². The zero-order valence-corrected chi connectivity index (χ0v) is 12.0. The van der Waals surface area contributed by atoms with Crippen molar-refractivity contribution in [2.45, 2.75) is 0 Å². The van der Waals surface area contributed by atoms with Crippen LogP contribution in [-0.2, 0) is 0 Å². The Labute approximate surface area is 124 Å². The predicted molar refractivity (Wildman–Crippen MR) is 81.3 cm³/mol. The largest absolute Gasteiger partial charge is 0.457 e. The second-order valence-electron chi connectivity index (χ2n) is 4.26. The number of halogens is 1. The molecule has 0 N–H and O–H groups in total. The first-order valence-corrected chi connectivity index (χ1v) is 6.83. The van der Waals surface area contributed by atoms with Crippen LogP contribution in [0.2, 0.25) is 0 Å². The van der Waals surface area contributed by atoms with Gasteiger partial charge in [0.15, 0.2) is 6.29 Å². The molecule has 0 spiro atoms. The van der Waals surface area contributed by atoms with Crippen molar-refractivity contribution in [3.63, 3.8) is 0 Å². The van der Waals surface area contributed by atoms with Gasteiger partial charge in [-0.1, -0.05) is 6.07 Å². The zero-order valence-electron chi connectivity index (χ0n) is 10.4. The van der Waals surface area contributed by atoms with Crippen LogP contribution < -0.4 is 4.74 Å². The minimum absolute atomic E-state index is 0.595. The maximum Gasteiger partial charge on any atom is 0.151 e.